The van der Waals surface area contributed by atoms with Crippen LogP contribution < -0.4 is 10.0 Å². The highest BCUT2D eigenvalue weighted by atomic mass is 32.2. The Hall–Kier alpha value is -3.65. The van der Waals surface area contributed by atoms with Gasteiger partial charge in [0, 0.05) is 17.4 Å². The van der Waals surface area contributed by atoms with E-state index in [1.54, 1.807) is 10.6 Å². The number of nitrogens with one attached hydrogen (secondary N) is 2. The Balaban J connectivity index is 1.66. The summed E-state index contributed by atoms with van der Waals surface area (Å²) in [4.78, 5) is 4.75. The average Bonchev–Trinajstić information content (AvgIpc) is 3.14. The molecule has 0 aliphatic carbocycles. The number of aryl methyl sites for hydroxylation is 2. The first-order valence-electron chi connectivity index (χ1n) is 10.1. The second kappa shape index (κ2) is 8.47. The van der Waals surface area contributed by atoms with Crippen LogP contribution >= 0.6 is 0 Å². The number of hydrogen-bond acceptors (Lipinski definition) is 5. The van der Waals surface area contributed by atoms with Crippen molar-refractivity contribution in [1.82, 2.24) is 14.6 Å². The molecule has 164 valence electrons. The summed E-state index contributed by atoms with van der Waals surface area (Å²) in [5.74, 6) is 0.636. The Morgan fingerprint density at radius 3 is 2.59 bits per heavy atom. The van der Waals surface area contributed by atoms with Gasteiger partial charge in [0.15, 0.2) is 5.65 Å². The minimum absolute atomic E-state index is 0.528. The number of benzene rings is 2. The van der Waals surface area contributed by atoms with Gasteiger partial charge in [0.05, 0.1) is 18.1 Å². The maximum atomic E-state index is 11.6. The van der Waals surface area contributed by atoms with E-state index in [0.717, 1.165) is 39.9 Å². The summed E-state index contributed by atoms with van der Waals surface area (Å²) in [7, 11) is -3.37. The van der Waals surface area contributed by atoms with Crippen LogP contribution in [0.15, 0.2) is 60.9 Å². The Bertz CT molecular complexity index is 1440. The molecule has 4 rings (SSSR count). The van der Waals surface area contributed by atoms with Crippen molar-refractivity contribution in [2.75, 3.05) is 16.3 Å². The average molecular weight is 448 g/mol. The number of rotatable bonds is 6. The maximum absolute atomic E-state index is 11.6. The van der Waals surface area contributed by atoms with Crippen molar-refractivity contribution < 1.29 is 8.42 Å². The Labute approximate surface area is 187 Å². The van der Waals surface area contributed by atoms with Crippen molar-refractivity contribution in [2.24, 2.45) is 0 Å². The highest BCUT2D eigenvalue weighted by Gasteiger charge is 2.11. The summed E-state index contributed by atoms with van der Waals surface area (Å²) in [6, 6.07) is 15.5. The minimum atomic E-state index is -3.37. The number of anilines is 3. The second-order valence-corrected chi connectivity index (χ2v) is 9.60. The zero-order valence-corrected chi connectivity index (χ0v) is 19.2. The summed E-state index contributed by atoms with van der Waals surface area (Å²) >= 11 is 0. The van der Waals surface area contributed by atoms with E-state index in [-0.39, 0.29) is 0 Å². The van der Waals surface area contributed by atoms with Gasteiger partial charge in [-0.15, -0.1) is 0 Å². The molecule has 0 aliphatic heterocycles. The number of allylic oxidation sites excluding steroid dienone is 1. The standard InChI is InChI=1S/C24H25N5O2S/c1-16-7-5-6-8-19(16)13-18(3)21-15-25-29-12-11-23(27-24(21)29)26-20-10-9-17(2)22(14-20)28-32(4,30)31/h5-15,28H,1-4H3,(H,26,27)/b18-13+. The van der Waals surface area contributed by atoms with Gasteiger partial charge in [-0.3, -0.25) is 4.72 Å². The van der Waals surface area contributed by atoms with Gasteiger partial charge in [0.1, 0.15) is 5.82 Å². The summed E-state index contributed by atoms with van der Waals surface area (Å²) in [6.07, 6.45) is 6.93. The van der Waals surface area contributed by atoms with Crippen LogP contribution in [0, 0.1) is 13.8 Å². The number of sulfonamides is 1. The van der Waals surface area contributed by atoms with Gasteiger partial charge in [0.2, 0.25) is 10.0 Å². The summed E-state index contributed by atoms with van der Waals surface area (Å²) in [5, 5.41) is 7.68. The van der Waals surface area contributed by atoms with E-state index < -0.39 is 10.0 Å². The molecular formula is C24H25N5O2S. The fourth-order valence-corrected chi connectivity index (χ4v) is 4.05. The molecule has 0 saturated heterocycles. The highest BCUT2D eigenvalue weighted by molar-refractivity contribution is 7.92. The third kappa shape index (κ3) is 4.81. The Kier molecular flexibility index (Phi) is 5.71. The van der Waals surface area contributed by atoms with Crippen molar-refractivity contribution in [3.63, 3.8) is 0 Å². The molecule has 0 radical (unpaired) electrons. The molecule has 0 saturated carbocycles. The molecule has 2 heterocycles. The first-order chi connectivity index (χ1) is 15.2. The summed E-state index contributed by atoms with van der Waals surface area (Å²) in [5.41, 5.74) is 7.20. The van der Waals surface area contributed by atoms with Crippen molar-refractivity contribution in [2.45, 2.75) is 20.8 Å². The second-order valence-electron chi connectivity index (χ2n) is 7.85. The van der Waals surface area contributed by atoms with E-state index in [1.165, 1.54) is 5.56 Å². The fourth-order valence-electron chi connectivity index (χ4n) is 3.43. The molecule has 8 heteroatoms. The van der Waals surface area contributed by atoms with Gasteiger partial charge < -0.3 is 5.32 Å². The first-order valence-corrected chi connectivity index (χ1v) is 12.0. The monoisotopic (exact) mass is 447 g/mol. The van der Waals surface area contributed by atoms with Crippen molar-refractivity contribution >= 4 is 44.5 Å². The van der Waals surface area contributed by atoms with E-state index in [4.69, 9.17) is 4.98 Å². The van der Waals surface area contributed by atoms with Crippen LogP contribution in [0.5, 0.6) is 0 Å². The van der Waals surface area contributed by atoms with Crippen LogP contribution in [0.25, 0.3) is 17.3 Å². The summed E-state index contributed by atoms with van der Waals surface area (Å²) in [6.45, 7) is 5.99. The predicted molar refractivity (Wildman–Crippen MR) is 131 cm³/mol. The Morgan fingerprint density at radius 1 is 1.06 bits per heavy atom. The maximum Gasteiger partial charge on any atom is 0.229 e. The molecule has 0 atom stereocenters. The molecule has 7 nitrogen and oxygen atoms in total. The fraction of sp³-hybridized carbons (Fsp3) is 0.167. The topological polar surface area (TPSA) is 88.4 Å². The van der Waals surface area contributed by atoms with Crippen LogP contribution in [0.3, 0.4) is 0 Å². The van der Waals surface area contributed by atoms with Gasteiger partial charge in [-0.05, 0) is 61.2 Å². The van der Waals surface area contributed by atoms with Crippen molar-refractivity contribution in [3.8, 4) is 0 Å². The largest absolute Gasteiger partial charge is 0.340 e. The van der Waals surface area contributed by atoms with E-state index >= 15 is 0 Å². The molecule has 0 spiro atoms. The molecule has 0 amide bonds. The molecule has 0 fully saturated rings. The van der Waals surface area contributed by atoms with E-state index in [2.05, 4.69) is 40.3 Å². The van der Waals surface area contributed by atoms with Gasteiger partial charge in [-0.1, -0.05) is 36.4 Å². The lowest BCUT2D eigenvalue weighted by atomic mass is 10.0. The zero-order chi connectivity index (χ0) is 22.9. The third-order valence-electron chi connectivity index (χ3n) is 5.16. The van der Waals surface area contributed by atoms with Crippen molar-refractivity contribution in [1.29, 1.82) is 0 Å². The lowest BCUT2D eigenvalue weighted by molar-refractivity contribution is 0.607. The van der Waals surface area contributed by atoms with E-state index in [0.29, 0.717) is 11.5 Å². The highest BCUT2D eigenvalue weighted by Crippen LogP contribution is 2.26. The number of hydrogen-bond donors (Lipinski definition) is 2. The SMILES string of the molecule is C/C(=C\c1ccccc1C)c1cnn2ccc(Nc3ccc(C)c(NS(C)(=O)=O)c3)nc12. The molecule has 2 aromatic carbocycles. The molecule has 0 bridgehead atoms. The molecule has 2 N–H and O–H groups in total. The molecule has 32 heavy (non-hydrogen) atoms. The quantitative estimate of drug-likeness (QED) is 0.433. The van der Waals surface area contributed by atoms with Crippen LogP contribution in [0.2, 0.25) is 0 Å². The van der Waals surface area contributed by atoms with Gasteiger partial charge in [-0.25, -0.2) is 17.9 Å². The minimum Gasteiger partial charge on any atom is -0.340 e. The Morgan fingerprint density at radius 2 is 1.84 bits per heavy atom. The number of nitrogens with zero attached hydrogens (tertiary/aromatic N) is 3. The van der Waals surface area contributed by atoms with Gasteiger partial charge >= 0.3 is 0 Å². The predicted octanol–water partition coefficient (Wildman–Crippen LogP) is 5.02. The number of fused-ring (bicyclic) bond motifs is 1. The van der Waals surface area contributed by atoms with Crippen LogP contribution in [0.1, 0.15) is 29.2 Å². The third-order valence-corrected chi connectivity index (χ3v) is 5.75. The van der Waals surface area contributed by atoms with Crippen molar-refractivity contribution in [3.05, 3.63) is 83.2 Å². The molecule has 2 aromatic heterocycles. The van der Waals surface area contributed by atoms with Crippen LogP contribution in [-0.4, -0.2) is 29.3 Å². The van der Waals surface area contributed by atoms with Gasteiger partial charge in [-0.2, -0.15) is 5.10 Å². The molecule has 4 aromatic rings. The van der Waals surface area contributed by atoms with Crippen LogP contribution in [-0.2, 0) is 10.0 Å². The summed E-state index contributed by atoms with van der Waals surface area (Å²) < 4.78 is 27.5. The smallest absolute Gasteiger partial charge is 0.229 e. The zero-order valence-electron chi connectivity index (χ0n) is 18.4. The number of aromatic nitrogens is 3. The van der Waals surface area contributed by atoms with E-state index in [9.17, 15) is 8.42 Å². The van der Waals surface area contributed by atoms with E-state index in [1.807, 2.05) is 56.6 Å². The van der Waals surface area contributed by atoms with Crippen LogP contribution in [0.4, 0.5) is 17.2 Å². The molecule has 0 aliphatic rings. The lowest BCUT2D eigenvalue weighted by Gasteiger charge is -2.12. The lowest BCUT2D eigenvalue weighted by Crippen LogP contribution is -2.10. The molecular weight excluding hydrogens is 422 g/mol. The normalized spacial score (nSPS) is 12.2. The van der Waals surface area contributed by atoms with Gasteiger partial charge in [0.25, 0.3) is 0 Å². The first kappa shape index (κ1) is 21.6. The molecule has 0 unspecified atom stereocenters.